The standard InChI is InChI=1S/C41H47ClN2O7/c1-27(2)22-37-41(48)51-35(28(3)18-19-29-12-7-5-8-13-29)16-11-17-38(45)44-34(25-31-20-21-36(49-4)33(42)24-31)40(47)43-32(26-39(46)50-37)23-30-14-9-6-10-15-30/h5-15,17-21,24,27-28,32,34-35,37H,16,22-23,25-26H2,1-4H3,(H,43,47)(H,44,45)/b17-11+,19-18+/t28-,32-,34-,35+,37+/m1/s1. The summed E-state index contributed by atoms with van der Waals surface area (Å²) >= 11 is 6.38. The topological polar surface area (TPSA) is 120 Å². The molecular weight excluding hydrogens is 668 g/mol. The van der Waals surface area contributed by atoms with E-state index in [9.17, 15) is 19.2 Å². The molecule has 0 radical (unpaired) electrons. The van der Waals surface area contributed by atoms with Crippen LogP contribution in [-0.4, -0.2) is 55.2 Å². The number of carbonyl (C=O) groups is 4. The first kappa shape index (κ1) is 38.9. The molecule has 1 aliphatic rings. The highest BCUT2D eigenvalue weighted by Crippen LogP contribution is 2.26. The summed E-state index contributed by atoms with van der Waals surface area (Å²) in [5.41, 5.74) is 2.56. The molecule has 0 aromatic heterocycles. The summed E-state index contributed by atoms with van der Waals surface area (Å²) < 4.78 is 17.1. The molecule has 2 N–H and O–H groups in total. The van der Waals surface area contributed by atoms with E-state index >= 15 is 0 Å². The van der Waals surface area contributed by atoms with Crippen LogP contribution in [0.3, 0.4) is 0 Å². The zero-order valence-electron chi connectivity index (χ0n) is 29.6. The molecule has 5 atom stereocenters. The number of cyclic esters (lactones) is 2. The molecule has 0 unspecified atom stereocenters. The van der Waals surface area contributed by atoms with Crippen LogP contribution in [0.2, 0.25) is 5.02 Å². The van der Waals surface area contributed by atoms with Crippen LogP contribution in [0.4, 0.5) is 0 Å². The molecular formula is C41H47ClN2O7. The lowest BCUT2D eigenvalue weighted by molar-refractivity contribution is -0.174. The average Bonchev–Trinajstić information content (AvgIpc) is 3.09. The summed E-state index contributed by atoms with van der Waals surface area (Å²) in [7, 11) is 1.51. The molecule has 1 aliphatic heterocycles. The number of rotatable bonds is 10. The van der Waals surface area contributed by atoms with Crippen LogP contribution in [0, 0.1) is 11.8 Å². The Balaban J connectivity index is 1.67. The lowest BCUT2D eigenvalue weighted by Crippen LogP contribution is -2.51. The van der Waals surface area contributed by atoms with Crippen LogP contribution >= 0.6 is 11.6 Å². The number of hydrogen-bond donors (Lipinski definition) is 2. The molecule has 0 saturated carbocycles. The Morgan fingerprint density at radius 3 is 2.25 bits per heavy atom. The SMILES string of the molecule is COc1ccc(C[C@H]2NC(=O)/C=C/C[C@@H]([C@H](C)/C=C/c3ccccc3)OC(=O)[C@H](CC(C)C)OC(=O)C[C@@H](Cc3ccccc3)NC2=O)cc1Cl. The van der Waals surface area contributed by atoms with Gasteiger partial charge in [-0.2, -0.15) is 0 Å². The normalized spacial score (nSPS) is 22.1. The Morgan fingerprint density at radius 2 is 1.59 bits per heavy atom. The van der Waals surface area contributed by atoms with E-state index in [0.29, 0.717) is 22.8 Å². The summed E-state index contributed by atoms with van der Waals surface area (Å²) in [6.07, 6.45) is 5.70. The lowest BCUT2D eigenvalue weighted by atomic mass is 9.99. The first-order chi connectivity index (χ1) is 24.5. The van der Waals surface area contributed by atoms with Crippen molar-refractivity contribution in [3.05, 3.63) is 119 Å². The van der Waals surface area contributed by atoms with Gasteiger partial charge in [0.25, 0.3) is 0 Å². The molecule has 4 rings (SSSR count). The van der Waals surface area contributed by atoms with Gasteiger partial charge in [-0.3, -0.25) is 14.4 Å². The fourth-order valence-electron chi connectivity index (χ4n) is 5.76. The molecule has 0 bridgehead atoms. The Bertz CT molecular complexity index is 1680. The number of carbonyl (C=O) groups excluding carboxylic acids is 4. The smallest absolute Gasteiger partial charge is 0.347 e. The predicted octanol–water partition coefficient (Wildman–Crippen LogP) is 6.67. The molecule has 270 valence electrons. The number of halogens is 1. The molecule has 0 spiro atoms. The molecule has 10 heteroatoms. The van der Waals surface area contributed by atoms with Gasteiger partial charge in [0.1, 0.15) is 17.9 Å². The largest absolute Gasteiger partial charge is 0.495 e. The number of ether oxygens (including phenoxy) is 3. The summed E-state index contributed by atoms with van der Waals surface area (Å²) in [6.45, 7) is 5.78. The molecule has 3 aromatic rings. The van der Waals surface area contributed by atoms with Crippen molar-refractivity contribution in [3.63, 3.8) is 0 Å². The first-order valence-electron chi connectivity index (χ1n) is 17.3. The first-order valence-corrected chi connectivity index (χ1v) is 17.7. The van der Waals surface area contributed by atoms with Gasteiger partial charge in [0.05, 0.1) is 18.6 Å². The van der Waals surface area contributed by atoms with Gasteiger partial charge in [0.15, 0.2) is 6.10 Å². The van der Waals surface area contributed by atoms with E-state index in [2.05, 4.69) is 10.6 Å². The van der Waals surface area contributed by atoms with Crippen LogP contribution in [0.5, 0.6) is 5.75 Å². The molecule has 3 aromatic carbocycles. The van der Waals surface area contributed by atoms with Crippen molar-refractivity contribution in [2.24, 2.45) is 11.8 Å². The molecule has 0 aliphatic carbocycles. The number of benzene rings is 3. The van der Waals surface area contributed by atoms with Crippen molar-refractivity contribution in [1.29, 1.82) is 0 Å². The van der Waals surface area contributed by atoms with E-state index < -0.39 is 48.0 Å². The Hall–Kier alpha value is -4.89. The van der Waals surface area contributed by atoms with Gasteiger partial charge in [0, 0.05) is 24.8 Å². The van der Waals surface area contributed by atoms with Crippen LogP contribution in [0.25, 0.3) is 6.08 Å². The van der Waals surface area contributed by atoms with Gasteiger partial charge in [0.2, 0.25) is 11.8 Å². The number of esters is 2. The van der Waals surface area contributed by atoms with E-state index in [4.69, 9.17) is 25.8 Å². The molecule has 51 heavy (non-hydrogen) atoms. The maximum Gasteiger partial charge on any atom is 0.347 e. The fraction of sp³-hybridized carbons (Fsp3) is 0.366. The van der Waals surface area contributed by atoms with Gasteiger partial charge in [-0.25, -0.2) is 4.79 Å². The lowest BCUT2D eigenvalue weighted by Gasteiger charge is -2.27. The minimum Gasteiger partial charge on any atom is -0.495 e. The van der Waals surface area contributed by atoms with E-state index in [1.807, 2.05) is 93.6 Å². The van der Waals surface area contributed by atoms with E-state index in [1.165, 1.54) is 13.2 Å². The van der Waals surface area contributed by atoms with Crippen LogP contribution in [0.15, 0.2) is 97.1 Å². The minimum absolute atomic E-state index is 0.0189. The third-order valence-corrected chi connectivity index (χ3v) is 8.77. The molecule has 0 fully saturated rings. The Kier molecular flexibility index (Phi) is 14.9. The second kappa shape index (κ2) is 19.5. The van der Waals surface area contributed by atoms with Crippen molar-refractivity contribution in [1.82, 2.24) is 10.6 Å². The van der Waals surface area contributed by atoms with Crippen LogP contribution in [-0.2, 0) is 41.5 Å². The van der Waals surface area contributed by atoms with E-state index in [-0.39, 0.29) is 37.5 Å². The third kappa shape index (κ3) is 12.7. The maximum absolute atomic E-state index is 13.9. The molecule has 1 heterocycles. The van der Waals surface area contributed by atoms with Crippen molar-refractivity contribution < 1.29 is 33.4 Å². The van der Waals surface area contributed by atoms with Gasteiger partial charge < -0.3 is 24.8 Å². The Morgan fingerprint density at radius 1 is 0.882 bits per heavy atom. The number of hydrogen-bond acceptors (Lipinski definition) is 7. The third-order valence-electron chi connectivity index (χ3n) is 8.48. The zero-order valence-corrected chi connectivity index (χ0v) is 30.3. The second-order valence-electron chi connectivity index (χ2n) is 13.2. The second-order valence-corrected chi connectivity index (χ2v) is 13.6. The number of methoxy groups -OCH3 is 1. The molecule has 9 nitrogen and oxygen atoms in total. The monoisotopic (exact) mass is 714 g/mol. The van der Waals surface area contributed by atoms with Crippen molar-refractivity contribution in [2.45, 2.75) is 77.2 Å². The minimum atomic E-state index is -1.15. The summed E-state index contributed by atoms with van der Waals surface area (Å²) in [5.74, 6) is -2.06. The highest BCUT2D eigenvalue weighted by Gasteiger charge is 2.32. The Labute approximate surface area is 305 Å². The van der Waals surface area contributed by atoms with Crippen molar-refractivity contribution in [3.8, 4) is 5.75 Å². The van der Waals surface area contributed by atoms with Crippen molar-refractivity contribution in [2.75, 3.05) is 7.11 Å². The highest BCUT2D eigenvalue weighted by molar-refractivity contribution is 6.32. The molecule has 0 saturated heterocycles. The van der Waals surface area contributed by atoms with Gasteiger partial charge >= 0.3 is 11.9 Å². The van der Waals surface area contributed by atoms with Gasteiger partial charge in [-0.05, 0) is 53.7 Å². The fourth-order valence-corrected chi connectivity index (χ4v) is 6.04. The quantitative estimate of drug-likeness (QED) is 0.225. The highest BCUT2D eigenvalue weighted by atomic mass is 35.5. The van der Waals surface area contributed by atoms with Crippen molar-refractivity contribution >= 4 is 41.4 Å². The summed E-state index contributed by atoms with van der Waals surface area (Å²) in [5, 5.41) is 6.15. The number of amides is 2. The maximum atomic E-state index is 13.9. The van der Waals surface area contributed by atoms with Gasteiger partial charge in [-0.15, -0.1) is 0 Å². The zero-order chi connectivity index (χ0) is 36.8. The average molecular weight is 715 g/mol. The van der Waals surface area contributed by atoms with E-state index in [1.54, 1.807) is 24.3 Å². The van der Waals surface area contributed by atoms with Crippen LogP contribution in [0.1, 0.15) is 56.7 Å². The van der Waals surface area contributed by atoms with Crippen LogP contribution < -0.4 is 15.4 Å². The summed E-state index contributed by atoms with van der Waals surface area (Å²) in [6, 6.07) is 22.6. The van der Waals surface area contributed by atoms with Gasteiger partial charge in [-0.1, -0.05) is 117 Å². The van der Waals surface area contributed by atoms with E-state index in [0.717, 1.165) is 11.1 Å². The summed E-state index contributed by atoms with van der Waals surface area (Å²) in [4.78, 5) is 54.4. The predicted molar refractivity (Wildman–Crippen MR) is 198 cm³/mol. The molecule has 2 amide bonds. The number of nitrogens with one attached hydrogen (secondary N) is 2.